The maximum Gasteiger partial charge on any atom is 0.169 e. The molecule has 0 radical (unpaired) electrons. The first-order valence-electron chi connectivity index (χ1n) is 6.12. The molecule has 3 nitrogen and oxygen atoms in total. The average molecular weight is 218 g/mol. The third-order valence-corrected chi connectivity index (χ3v) is 5.03. The van der Waals surface area contributed by atoms with Crippen molar-refractivity contribution in [3.63, 3.8) is 0 Å². The van der Waals surface area contributed by atoms with E-state index in [2.05, 4.69) is 12.2 Å². The van der Waals surface area contributed by atoms with Gasteiger partial charge in [0.25, 0.3) is 0 Å². The van der Waals surface area contributed by atoms with E-state index in [-0.39, 0.29) is 35.6 Å². The van der Waals surface area contributed by atoms with E-state index in [4.69, 9.17) is 4.74 Å². The lowest BCUT2D eigenvalue weighted by molar-refractivity contribution is -0.141. The Balaban J connectivity index is 1.90. The van der Waals surface area contributed by atoms with Gasteiger partial charge in [0.05, 0.1) is 5.41 Å². The minimum atomic E-state index is -0.462. The standard InChI is InChI=1S/C13H14O3/c1-2-8(14)13-7-4-3-6(5-7)9(13)10(15)11-12(13)16-11/h3-4,6-7,9,11-12H,2,5H2,1H3/t6-,7+,9+,11+,12-,13+/m0/s1. The van der Waals surface area contributed by atoms with Gasteiger partial charge in [-0.1, -0.05) is 19.1 Å². The van der Waals surface area contributed by atoms with Gasteiger partial charge in [-0.15, -0.1) is 0 Å². The van der Waals surface area contributed by atoms with Crippen molar-refractivity contribution >= 4 is 11.6 Å². The summed E-state index contributed by atoms with van der Waals surface area (Å²) in [6.45, 7) is 1.89. The normalized spacial score (nSPS) is 55.3. The maximum absolute atomic E-state index is 12.3. The molecule has 0 N–H and O–H groups in total. The van der Waals surface area contributed by atoms with E-state index in [1.165, 1.54) is 0 Å². The van der Waals surface area contributed by atoms with Crippen molar-refractivity contribution in [1.82, 2.24) is 0 Å². The first-order valence-corrected chi connectivity index (χ1v) is 6.12. The largest absolute Gasteiger partial charge is 0.360 e. The van der Waals surface area contributed by atoms with E-state index < -0.39 is 5.41 Å². The lowest BCUT2D eigenvalue weighted by atomic mass is 9.66. The Morgan fingerprint density at radius 2 is 2.38 bits per heavy atom. The second-order valence-electron chi connectivity index (χ2n) is 5.46. The van der Waals surface area contributed by atoms with Crippen LogP contribution in [0.2, 0.25) is 0 Å². The quantitative estimate of drug-likeness (QED) is 0.515. The van der Waals surface area contributed by atoms with Crippen LogP contribution in [0.3, 0.4) is 0 Å². The number of ketones is 2. The number of epoxide rings is 1. The molecule has 16 heavy (non-hydrogen) atoms. The van der Waals surface area contributed by atoms with Gasteiger partial charge in [-0.3, -0.25) is 9.59 Å². The summed E-state index contributed by atoms with van der Waals surface area (Å²) in [5.74, 6) is 0.954. The molecule has 0 amide bonds. The number of carbonyl (C=O) groups is 2. The van der Waals surface area contributed by atoms with E-state index in [1.807, 2.05) is 6.92 Å². The highest BCUT2D eigenvalue weighted by atomic mass is 16.6. The zero-order valence-corrected chi connectivity index (χ0v) is 9.18. The van der Waals surface area contributed by atoms with Gasteiger partial charge in [0.15, 0.2) is 5.78 Å². The predicted octanol–water partition coefficient (Wildman–Crippen LogP) is 1.12. The van der Waals surface area contributed by atoms with Crippen molar-refractivity contribution in [1.29, 1.82) is 0 Å². The van der Waals surface area contributed by atoms with E-state index in [9.17, 15) is 9.59 Å². The smallest absolute Gasteiger partial charge is 0.169 e. The predicted molar refractivity (Wildman–Crippen MR) is 55.6 cm³/mol. The first kappa shape index (κ1) is 9.11. The van der Waals surface area contributed by atoms with Crippen LogP contribution in [0.5, 0.6) is 0 Å². The lowest BCUT2D eigenvalue weighted by Gasteiger charge is -2.35. The van der Waals surface area contributed by atoms with Crippen LogP contribution < -0.4 is 0 Å². The Kier molecular flexibility index (Phi) is 1.41. The number of carbonyl (C=O) groups excluding carboxylic acids is 2. The average Bonchev–Trinajstić information content (AvgIpc) is 2.73. The summed E-state index contributed by atoms with van der Waals surface area (Å²) in [4.78, 5) is 24.5. The van der Waals surface area contributed by atoms with Gasteiger partial charge in [-0.25, -0.2) is 0 Å². The molecule has 3 fully saturated rings. The molecule has 2 bridgehead atoms. The molecule has 3 heteroatoms. The number of allylic oxidation sites excluding steroid dienone is 2. The van der Waals surface area contributed by atoms with Crippen molar-refractivity contribution in [3.05, 3.63) is 12.2 Å². The van der Waals surface area contributed by atoms with E-state index in [1.54, 1.807) is 0 Å². The fraction of sp³-hybridized carbons (Fsp3) is 0.692. The van der Waals surface area contributed by atoms with Crippen molar-refractivity contribution in [3.8, 4) is 0 Å². The fourth-order valence-electron chi connectivity index (χ4n) is 4.46. The van der Waals surface area contributed by atoms with Crippen LogP contribution in [0.1, 0.15) is 19.8 Å². The Morgan fingerprint density at radius 1 is 1.56 bits per heavy atom. The Morgan fingerprint density at radius 3 is 3.12 bits per heavy atom. The lowest BCUT2D eigenvalue weighted by Crippen LogP contribution is -2.45. The molecule has 3 aliphatic carbocycles. The topological polar surface area (TPSA) is 46.7 Å². The molecule has 4 rings (SSSR count). The summed E-state index contributed by atoms with van der Waals surface area (Å²) < 4.78 is 5.45. The van der Waals surface area contributed by atoms with E-state index >= 15 is 0 Å². The molecule has 6 atom stereocenters. The Hall–Kier alpha value is -0.960. The van der Waals surface area contributed by atoms with Gasteiger partial charge in [-0.2, -0.15) is 0 Å². The molecule has 1 aliphatic heterocycles. The molecule has 84 valence electrons. The molecular formula is C13H14O3. The first-order chi connectivity index (χ1) is 7.71. The zero-order valence-electron chi connectivity index (χ0n) is 9.18. The summed E-state index contributed by atoms with van der Waals surface area (Å²) in [5, 5.41) is 0. The SMILES string of the molecule is CCC(=O)[C@]12[C@@H]3C=C[C@@H](C3)[C@@H]1C(=O)[C@H]1O[C@@H]12. The number of ether oxygens (including phenoxy) is 1. The molecule has 0 aromatic rings. The third-order valence-electron chi connectivity index (χ3n) is 5.03. The second-order valence-corrected chi connectivity index (χ2v) is 5.46. The molecule has 4 aliphatic rings. The van der Waals surface area contributed by atoms with E-state index in [0.717, 1.165) is 6.42 Å². The van der Waals surface area contributed by atoms with Crippen LogP contribution in [-0.2, 0) is 14.3 Å². The number of rotatable bonds is 2. The van der Waals surface area contributed by atoms with Crippen molar-refractivity contribution in [2.75, 3.05) is 0 Å². The Labute approximate surface area is 93.8 Å². The summed E-state index contributed by atoms with van der Waals surface area (Å²) in [6.07, 6.45) is 5.45. The number of hydrogen-bond donors (Lipinski definition) is 0. The summed E-state index contributed by atoms with van der Waals surface area (Å²) in [7, 11) is 0. The van der Waals surface area contributed by atoms with Crippen LogP contribution in [-0.4, -0.2) is 23.8 Å². The maximum atomic E-state index is 12.3. The van der Waals surface area contributed by atoms with Crippen molar-refractivity contribution < 1.29 is 14.3 Å². The zero-order chi connectivity index (χ0) is 11.1. The molecule has 0 spiro atoms. The Bertz CT molecular complexity index is 438. The highest BCUT2D eigenvalue weighted by molar-refractivity contribution is 6.03. The minimum absolute atomic E-state index is 0.0568. The van der Waals surface area contributed by atoms with Crippen LogP contribution in [0.15, 0.2) is 12.2 Å². The molecule has 0 unspecified atom stereocenters. The van der Waals surface area contributed by atoms with Crippen molar-refractivity contribution in [2.45, 2.75) is 32.0 Å². The summed E-state index contributed by atoms with van der Waals surface area (Å²) in [6, 6.07) is 0. The van der Waals surface area contributed by atoms with Crippen LogP contribution >= 0.6 is 0 Å². The van der Waals surface area contributed by atoms with Crippen LogP contribution in [0.4, 0.5) is 0 Å². The number of Topliss-reactive ketones (excluding diaryl/α,β-unsaturated/α-hetero) is 2. The van der Waals surface area contributed by atoms with E-state index in [0.29, 0.717) is 12.3 Å². The molecule has 1 heterocycles. The van der Waals surface area contributed by atoms with Gasteiger partial charge in [0, 0.05) is 12.3 Å². The van der Waals surface area contributed by atoms with Crippen LogP contribution in [0.25, 0.3) is 0 Å². The molecule has 2 saturated carbocycles. The molecular weight excluding hydrogens is 204 g/mol. The summed E-state index contributed by atoms with van der Waals surface area (Å²) >= 11 is 0. The number of fused-ring (bicyclic) bond motifs is 7. The monoisotopic (exact) mass is 218 g/mol. The number of hydrogen-bond acceptors (Lipinski definition) is 3. The summed E-state index contributed by atoms with van der Waals surface area (Å²) in [5.41, 5.74) is -0.462. The van der Waals surface area contributed by atoms with Crippen molar-refractivity contribution in [2.24, 2.45) is 23.2 Å². The highest BCUT2D eigenvalue weighted by Crippen LogP contribution is 2.68. The van der Waals surface area contributed by atoms with Gasteiger partial charge < -0.3 is 4.74 Å². The third kappa shape index (κ3) is 0.698. The van der Waals surface area contributed by atoms with Gasteiger partial charge in [-0.05, 0) is 18.3 Å². The fourth-order valence-corrected chi connectivity index (χ4v) is 4.46. The van der Waals surface area contributed by atoms with Gasteiger partial charge in [0.2, 0.25) is 0 Å². The highest BCUT2D eigenvalue weighted by Gasteiger charge is 2.79. The van der Waals surface area contributed by atoms with Gasteiger partial charge in [0.1, 0.15) is 18.0 Å². The molecule has 1 saturated heterocycles. The second kappa shape index (κ2) is 2.48. The molecule has 0 aromatic carbocycles. The van der Waals surface area contributed by atoms with Gasteiger partial charge >= 0.3 is 0 Å². The minimum Gasteiger partial charge on any atom is -0.360 e. The van der Waals surface area contributed by atoms with Crippen LogP contribution in [0, 0.1) is 23.2 Å². The molecule has 0 aromatic heterocycles.